The standard InChI is InChI=1S/C16H23N3/c1-11-9-15(14(10-17)12(2)18-11)19-13-5-7-16(3,4)8-6-13/h9,13H,5-8H2,1-4H3,(H,18,19). The van der Waals surface area contributed by atoms with Crippen LogP contribution in [0.1, 0.15) is 56.5 Å². The maximum Gasteiger partial charge on any atom is 0.103 e. The molecule has 0 spiro atoms. The topological polar surface area (TPSA) is 48.7 Å². The Hall–Kier alpha value is -1.56. The number of hydrogen-bond donors (Lipinski definition) is 1. The Balaban J connectivity index is 2.14. The third kappa shape index (κ3) is 3.26. The highest BCUT2D eigenvalue weighted by Gasteiger charge is 2.27. The van der Waals surface area contributed by atoms with Crippen molar-refractivity contribution >= 4 is 5.69 Å². The average Bonchev–Trinajstić information content (AvgIpc) is 2.31. The monoisotopic (exact) mass is 257 g/mol. The minimum Gasteiger partial charge on any atom is -0.381 e. The number of rotatable bonds is 2. The second kappa shape index (κ2) is 5.21. The maximum absolute atomic E-state index is 9.27. The van der Waals surface area contributed by atoms with Crippen LogP contribution in [0.25, 0.3) is 0 Å². The lowest BCUT2D eigenvalue weighted by Gasteiger charge is -2.35. The summed E-state index contributed by atoms with van der Waals surface area (Å²) in [5, 5.41) is 12.8. The van der Waals surface area contributed by atoms with Crippen molar-refractivity contribution < 1.29 is 0 Å². The van der Waals surface area contributed by atoms with Crippen molar-refractivity contribution in [2.45, 2.75) is 59.4 Å². The van der Waals surface area contributed by atoms with Gasteiger partial charge in [-0.2, -0.15) is 5.26 Å². The summed E-state index contributed by atoms with van der Waals surface area (Å²) in [6.45, 7) is 8.55. The summed E-state index contributed by atoms with van der Waals surface area (Å²) in [4.78, 5) is 4.36. The summed E-state index contributed by atoms with van der Waals surface area (Å²) in [6, 6.07) is 4.75. The van der Waals surface area contributed by atoms with Crippen molar-refractivity contribution in [3.05, 3.63) is 23.0 Å². The summed E-state index contributed by atoms with van der Waals surface area (Å²) in [5.41, 5.74) is 3.91. The fourth-order valence-corrected chi connectivity index (χ4v) is 2.85. The number of aryl methyl sites for hydroxylation is 2. The SMILES string of the molecule is Cc1cc(NC2CCC(C)(C)CC2)c(C#N)c(C)n1. The Morgan fingerprint density at radius 1 is 1.32 bits per heavy atom. The molecule has 1 aliphatic carbocycles. The molecule has 102 valence electrons. The van der Waals surface area contributed by atoms with Crippen LogP contribution in [0.2, 0.25) is 0 Å². The molecule has 0 amide bonds. The van der Waals surface area contributed by atoms with E-state index in [1.54, 1.807) is 0 Å². The van der Waals surface area contributed by atoms with Gasteiger partial charge in [-0.25, -0.2) is 0 Å². The quantitative estimate of drug-likeness (QED) is 0.872. The van der Waals surface area contributed by atoms with E-state index in [0.29, 0.717) is 17.0 Å². The summed E-state index contributed by atoms with van der Waals surface area (Å²) >= 11 is 0. The molecule has 0 atom stereocenters. The van der Waals surface area contributed by atoms with Gasteiger partial charge in [0.1, 0.15) is 6.07 Å². The van der Waals surface area contributed by atoms with Crippen molar-refractivity contribution in [3.8, 4) is 6.07 Å². The molecular formula is C16H23N3. The number of pyridine rings is 1. The number of anilines is 1. The third-order valence-electron chi connectivity index (χ3n) is 4.14. The Morgan fingerprint density at radius 3 is 2.53 bits per heavy atom. The highest BCUT2D eigenvalue weighted by molar-refractivity contribution is 5.60. The lowest BCUT2D eigenvalue weighted by atomic mass is 9.75. The molecule has 1 saturated carbocycles. The molecule has 3 heteroatoms. The highest BCUT2D eigenvalue weighted by Crippen LogP contribution is 2.36. The molecule has 3 nitrogen and oxygen atoms in total. The van der Waals surface area contributed by atoms with Crippen LogP contribution >= 0.6 is 0 Å². The van der Waals surface area contributed by atoms with Crippen LogP contribution < -0.4 is 5.32 Å². The van der Waals surface area contributed by atoms with E-state index in [9.17, 15) is 5.26 Å². The molecule has 0 unspecified atom stereocenters. The van der Waals surface area contributed by atoms with Crippen molar-refractivity contribution in [1.29, 1.82) is 5.26 Å². The zero-order chi connectivity index (χ0) is 14.0. The summed E-state index contributed by atoms with van der Waals surface area (Å²) < 4.78 is 0. The van der Waals surface area contributed by atoms with Crippen molar-refractivity contribution in [2.75, 3.05) is 5.32 Å². The molecule has 0 bridgehead atoms. The van der Waals surface area contributed by atoms with Crippen LogP contribution in [0.4, 0.5) is 5.69 Å². The Kier molecular flexibility index (Phi) is 3.80. The summed E-state index contributed by atoms with van der Waals surface area (Å²) in [7, 11) is 0. The van der Waals surface area contributed by atoms with Gasteiger partial charge in [0.05, 0.1) is 16.9 Å². The van der Waals surface area contributed by atoms with Gasteiger partial charge in [0.15, 0.2) is 0 Å². The van der Waals surface area contributed by atoms with Gasteiger partial charge in [0, 0.05) is 11.7 Å². The van der Waals surface area contributed by atoms with Crippen LogP contribution in [0.3, 0.4) is 0 Å². The normalized spacial score (nSPS) is 18.9. The van der Waals surface area contributed by atoms with Crippen LogP contribution in [-0.2, 0) is 0 Å². The molecule has 1 aromatic rings. The zero-order valence-electron chi connectivity index (χ0n) is 12.4. The lowest BCUT2D eigenvalue weighted by molar-refractivity contribution is 0.232. The van der Waals surface area contributed by atoms with E-state index in [0.717, 1.165) is 17.1 Å². The van der Waals surface area contributed by atoms with E-state index in [2.05, 4.69) is 30.2 Å². The molecule has 19 heavy (non-hydrogen) atoms. The fourth-order valence-electron chi connectivity index (χ4n) is 2.85. The van der Waals surface area contributed by atoms with E-state index in [1.165, 1.54) is 25.7 Å². The van der Waals surface area contributed by atoms with Crippen molar-refractivity contribution in [1.82, 2.24) is 4.98 Å². The Bertz CT molecular complexity index is 501. The van der Waals surface area contributed by atoms with E-state index in [1.807, 2.05) is 19.9 Å². The molecular weight excluding hydrogens is 234 g/mol. The van der Waals surface area contributed by atoms with Gasteiger partial charge in [0.2, 0.25) is 0 Å². The fraction of sp³-hybridized carbons (Fsp3) is 0.625. The molecule has 0 saturated heterocycles. The number of nitriles is 1. The molecule has 0 aliphatic heterocycles. The predicted octanol–water partition coefficient (Wildman–Crippen LogP) is 3.95. The molecule has 1 N–H and O–H groups in total. The summed E-state index contributed by atoms with van der Waals surface area (Å²) in [5.74, 6) is 0. The first-order valence-corrected chi connectivity index (χ1v) is 7.06. The van der Waals surface area contributed by atoms with E-state index in [4.69, 9.17) is 0 Å². The van der Waals surface area contributed by atoms with Gasteiger partial charge in [-0.3, -0.25) is 4.98 Å². The molecule has 1 aliphatic rings. The summed E-state index contributed by atoms with van der Waals surface area (Å²) in [6.07, 6.45) is 4.85. The van der Waals surface area contributed by atoms with Gasteiger partial charge < -0.3 is 5.32 Å². The van der Waals surface area contributed by atoms with Crippen molar-refractivity contribution in [2.24, 2.45) is 5.41 Å². The average molecular weight is 257 g/mol. The third-order valence-corrected chi connectivity index (χ3v) is 4.14. The van der Waals surface area contributed by atoms with Crippen LogP contribution in [0, 0.1) is 30.6 Å². The molecule has 0 radical (unpaired) electrons. The van der Waals surface area contributed by atoms with Gasteiger partial charge in [-0.05, 0) is 51.0 Å². The molecule has 2 rings (SSSR count). The number of nitrogens with zero attached hydrogens (tertiary/aromatic N) is 2. The van der Waals surface area contributed by atoms with Crippen LogP contribution in [0.5, 0.6) is 0 Å². The first kappa shape index (κ1) is 13.9. The second-order valence-electron chi connectivity index (χ2n) is 6.47. The lowest BCUT2D eigenvalue weighted by Crippen LogP contribution is -2.30. The predicted molar refractivity (Wildman–Crippen MR) is 78.1 cm³/mol. The molecule has 1 fully saturated rings. The van der Waals surface area contributed by atoms with Gasteiger partial charge in [-0.15, -0.1) is 0 Å². The number of nitrogens with one attached hydrogen (secondary N) is 1. The first-order valence-electron chi connectivity index (χ1n) is 7.06. The minimum absolute atomic E-state index is 0.473. The Labute approximate surface area is 116 Å². The van der Waals surface area contributed by atoms with E-state index < -0.39 is 0 Å². The second-order valence-corrected chi connectivity index (χ2v) is 6.47. The van der Waals surface area contributed by atoms with E-state index >= 15 is 0 Å². The largest absolute Gasteiger partial charge is 0.381 e. The first-order chi connectivity index (χ1) is 8.91. The van der Waals surface area contributed by atoms with Gasteiger partial charge in [-0.1, -0.05) is 13.8 Å². The number of hydrogen-bond acceptors (Lipinski definition) is 3. The van der Waals surface area contributed by atoms with Crippen LogP contribution in [0.15, 0.2) is 6.07 Å². The molecule has 1 aromatic heterocycles. The molecule has 0 aromatic carbocycles. The maximum atomic E-state index is 9.27. The van der Waals surface area contributed by atoms with Gasteiger partial charge >= 0.3 is 0 Å². The van der Waals surface area contributed by atoms with E-state index in [-0.39, 0.29) is 0 Å². The minimum atomic E-state index is 0.473. The Morgan fingerprint density at radius 2 is 1.95 bits per heavy atom. The van der Waals surface area contributed by atoms with Gasteiger partial charge in [0.25, 0.3) is 0 Å². The highest BCUT2D eigenvalue weighted by atomic mass is 14.9. The smallest absolute Gasteiger partial charge is 0.103 e. The van der Waals surface area contributed by atoms with Crippen LogP contribution in [-0.4, -0.2) is 11.0 Å². The van der Waals surface area contributed by atoms with Crippen molar-refractivity contribution in [3.63, 3.8) is 0 Å². The zero-order valence-corrected chi connectivity index (χ0v) is 12.4. The molecule has 1 heterocycles. The number of aromatic nitrogens is 1.